The summed E-state index contributed by atoms with van der Waals surface area (Å²) in [7, 11) is 0. The molecule has 0 atom stereocenters. The third kappa shape index (κ3) is 5.82. The topological polar surface area (TPSA) is 64.4 Å². The Kier molecular flexibility index (Phi) is 6.92. The highest BCUT2D eigenvalue weighted by atomic mass is 19.1. The van der Waals surface area contributed by atoms with E-state index >= 15 is 0 Å². The SMILES string of the molecule is O=C(CCc1ncc(-c2ccc(F)cc2)o1)NCc1ccccc1COc1ccccc1. The zero-order valence-electron chi connectivity index (χ0n) is 17.5. The molecule has 0 spiro atoms. The molecule has 4 rings (SSSR count). The van der Waals surface area contributed by atoms with Crippen LogP contribution in [0.3, 0.4) is 0 Å². The van der Waals surface area contributed by atoms with Crippen LogP contribution in [0.4, 0.5) is 4.39 Å². The van der Waals surface area contributed by atoms with Gasteiger partial charge in [-0.3, -0.25) is 4.79 Å². The van der Waals surface area contributed by atoms with E-state index < -0.39 is 0 Å². The van der Waals surface area contributed by atoms with E-state index in [9.17, 15) is 9.18 Å². The Morgan fingerprint density at radius 1 is 0.938 bits per heavy atom. The molecule has 0 saturated heterocycles. The molecule has 0 fully saturated rings. The first-order valence-electron chi connectivity index (χ1n) is 10.4. The maximum atomic E-state index is 13.1. The number of hydrogen-bond acceptors (Lipinski definition) is 4. The molecule has 0 saturated carbocycles. The first kappa shape index (κ1) is 21.3. The molecule has 0 aliphatic rings. The van der Waals surface area contributed by atoms with Crippen LogP contribution in [0.1, 0.15) is 23.4 Å². The standard InChI is InChI=1S/C26H23FN2O3/c27-22-12-10-19(11-13-22)24-17-29-26(32-24)15-14-25(30)28-16-20-6-4-5-7-21(20)18-31-23-8-2-1-3-9-23/h1-13,17H,14-16,18H2,(H,28,30). The number of ether oxygens (including phenoxy) is 1. The minimum absolute atomic E-state index is 0.0923. The summed E-state index contributed by atoms with van der Waals surface area (Å²) in [6, 6.07) is 23.5. The second-order valence-corrected chi connectivity index (χ2v) is 7.27. The van der Waals surface area contributed by atoms with E-state index in [0.29, 0.717) is 31.2 Å². The van der Waals surface area contributed by atoms with Crippen molar-refractivity contribution in [3.8, 4) is 17.1 Å². The van der Waals surface area contributed by atoms with Gasteiger partial charge in [0, 0.05) is 24.9 Å². The minimum atomic E-state index is -0.307. The van der Waals surface area contributed by atoms with E-state index in [1.54, 1.807) is 18.3 Å². The van der Waals surface area contributed by atoms with Gasteiger partial charge in [-0.1, -0.05) is 42.5 Å². The molecule has 6 heteroatoms. The fourth-order valence-corrected chi connectivity index (χ4v) is 3.22. The molecule has 1 amide bonds. The van der Waals surface area contributed by atoms with E-state index in [1.165, 1.54) is 12.1 Å². The molecule has 0 radical (unpaired) electrons. The molecule has 0 aliphatic carbocycles. The first-order valence-corrected chi connectivity index (χ1v) is 10.4. The van der Waals surface area contributed by atoms with Gasteiger partial charge in [0.1, 0.15) is 18.2 Å². The Bertz CT molecular complexity index is 1160. The predicted octanol–water partition coefficient (Wildman–Crippen LogP) is 5.31. The van der Waals surface area contributed by atoms with Crippen LogP contribution in [0.25, 0.3) is 11.3 Å². The number of rotatable bonds is 9. The van der Waals surface area contributed by atoms with E-state index in [4.69, 9.17) is 9.15 Å². The van der Waals surface area contributed by atoms with E-state index in [1.807, 2.05) is 54.6 Å². The maximum absolute atomic E-state index is 13.1. The molecule has 1 heterocycles. The van der Waals surface area contributed by atoms with Crippen LogP contribution in [0.5, 0.6) is 5.75 Å². The van der Waals surface area contributed by atoms with Gasteiger partial charge in [-0.25, -0.2) is 9.37 Å². The number of amides is 1. The van der Waals surface area contributed by atoms with Gasteiger partial charge in [-0.15, -0.1) is 0 Å². The van der Waals surface area contributed by atoms with Crippen LogP contribution >= 0.6 is 0 Å². The quantitative estimate of drug-likeness (QED) is 0.391. The molecule has 162 valence electrons. The van der Waals surface area contributed by atoms with Crippen molar-refractivity contribution in [1.29, 1.82) is 0 Å². The third-order valence-electron chi connectivity index (χ3n) is 4.98. The van der Waals surface area contributed by atoms with Gasteiger partial charge in [0.2, 0.25) is 5.91 Å². The van der Waals surface area contributed by atoms with E-state index in [0.717, 1.165) is 22.4 Å². The number of carbonyl (C=O) groups is 1. The predicted molar refractivity (Wildman–Crippen MR) is 119 cm³/mol. The smallest absolute Gasteiger partial charge is 0.220 e. The molecule has 1 N–H and O–H groups in total. The highest BCUT2D eigenvalue weighted by molar-refractivity contribution is 5.76. The van der Waals surface area contributed by atoms with Gasteiger partial charge >= 0.3 is 0 Å². The molecule has 4 aromatic rings. The van der Waals surface area contributed by atoms with Crippen LogP contribution in [0.2, 0.25) is 0 Å². The van der Waals surface area contributed by atoms with Crippen LogP contribution < -0.4 is 10.1 Å². The number of aryl methyl sites for hydroxylation is 1. The minimum Gasteiger partial charge on any atom is -0.489 e. The summed E-state index contributed by atoms with van der Waals surface area (Å²) >= 11 is 0. The van der Waals surface area contributed by atoms with Gasteiger partial charge in [0.05, 0.1) is 6.20 Å². The summed E-state index contributed by atoms with van der Waals surface area (Å²) in [5.41, 5.74) is 2.77. The number of para-hydroxylation sites is 1. The number of benzene rings is 3. The third-order valence-corrected chi connectivity index (χ3v) is 4.98. The van der Waals surface area contributed by atoms with Gasteiger partial charge in [-0.05, 0) is 47.5 Å². The van der Waals surface area contributed by atoms with Crippen LogP contribution in [-0.4, -0.2) is 10.9 Å². The van der Waals surface area contributed by atoms with Crippen LogP contribution in [0.15, 0.2) is 89.5 Å². The Morgan fingerprint density at radius 2 is 1.66 bits per heavy atom. The first-order chi connectivity index (χ1) is 15.7. The lowest BCUT2D eigenvalue weighted by molar-refractivity contribution is -0.121. The summed E-state index contributed by atoms with van der Waals surface area (Å²) in [5, 5.41) is 2.95. The average Bonchev–Trinajstić information content (AvgIpc) is 3.31. The molecule has 0 bridgehead atoms. The van der Waals surface area contributed by atoms with Gasteiger partial charge in [0.15, 0.2) is 11.7 Å². The average molecular weight is 430 g/mol. The van der Waals surface area contributed by atoms with E-state index in [-0.39, 0.29) is 18.1 Å². The van der Waals surface area contributed by atoms with Crippen molar-refractivity contribution in [3.05, 3.63) is 108 Å². The van der Waals surface area contributed by atoms with Crippen molar-refractivity contribution in [3.63, 3.8) is 0 Å². The number of aromatic nitrogens is 1. The number of nitrogens with one attached hydrogen (secondary N) is 1. The summed E-state index contributed by atoms with van der Waals surface area (Å²) < 4.78 is 24.6. The molecule has 0 aliphatic heterocycles. The normalized spacial score (nSPS) is 10.7. The summed E-state index contributed by atoms with van der Waals surface area (Å²) in [4.78, 5) is 16.6. The highest BCUT2D eigenvalue weighted by Crippen LogP contribution is 2.21. The van der Waals surface area contributed by atoms with Crippen molar-refractivity contribution >= 4 is 5.91 Å². The molecule has 32 heavy (non-hydrogen) atoms. The fraction of sp³-hybridized carbons (Fsp3) is 0.154. The Morgan fingerprint density at radius 3 is 2.44 bits per heavy atom. The van der Waals surface area contributed by atoms with Crippen molar-refractivity contribution in [2.24, 2.45) is 0 Å². The van der Waals surface area contributed by atoms with Gasteiger partial charge < -0.3 is 14.5 Å². The highest BCUT2D eigenvalue weighted by Gasteiger charge is 2.10. The summed E-state index contributed by atoms with van der Waals surface area (Å²) in [5.74, 6) is 1.42. The van der Waals surface area contributed by atoms with Gasteiger partial charge in [-0.2, -0.15) is 0 Å². The Balaban J connectivity index is 1.27. The lowest BCUT2D eigenvalue weighted by Gasteiger charge is -2.12. The number of halogens is 1. The maximum Gasteiger partial charge on any atom is 0.220 e. The van der Waals surface area contributed by atoms with Crippen LogP contribution in [0, 0.1) is 5.82 Å². The lowest BCUT2D eigenvalue weighted by Crippen LogP contribution is -2.23. The second-order valence-electron chi connectivity index (χ2n) is 7.27. The number of nitrogens with zero attached hydrogens (tertiary/aromatic N) is 1. The molecule has 1 aromatic heterocycles. The largest absolute Gasteiger partial charge is 0.489 e. The van der Waals surface area contributed by atoms with Gasteiger partial charge in [0.25, 0.3) is 0 Å². The summed E-state index contributed by atoms with van der Waals surface area (Å²) in [6.45, 7) is 0.845. The van der Waals surface area contributed by atoms with Crippen LogP contribution in [-0.2, 0) is 24.4 Å². The number of carbonyl (C=O) groups excluding carboxylic acids is 1. The van der Waals surface area contributed by atoms with Crippen molar-refractivity contribution in [1.82, 2.24) is 10.3 Å². The summed E-state index contributed by atoms with van der Waals surface area (Å²) in [6.07, 6.45) is 2.22. The second kappa shape index (κ2) is 10.4. The molecule has 0 unspecified atom stereocenters. The molecule has 5 nitrogen and oxygen atoms in total. The Labute approximate surface area is 185 Å². The lowest BCUT2D eigenvalue weighted by atomic mass is 10.1. The Hall–Kier alpha value is -3.93. The van der Waals surface area contributed by atoms with Crippen molar-refractivity contribution in [2.75, 3.05) is 0 Å². The zero-order chi connectivity index (χ0) is 22.2. The van der Waals surface area contributed by atoms with E-state index in [2.05, 4.69) is 10.3 Å². The van der Waals surface area contributed by atoms with Crippen molar-refractivity contribution in [2.45, 2.75) is 26.0 Å². The number of oxazole rings is 1. The van der Waals surface area contributed by atoms with Crippen molar-refractivity contribution < 1.29 is 18.3 Å². The monoisotopic (exact) mass is 430 g/mol. The zero-order valence-corrected chi connectivity index (χ0v) is 17.5. The fourth-order valence-electron chi connectivity index (χ4n) is 3.22. The molecular weight excluding hydrogens is 407 g/mol. The molecular formula is C26H23FN2O3. The number of hydrogen-bond donors (Lipinski definition) is 1. The molecule has 3 aromatic carbocycles.